The van der Waals surface area contributed by atoms with E-state index in [1.807, 2.05) is 19.1 Å². The summed E-state index contributed by atoms with van der Waals surface area (Å²) in [6.07, 6.45) is 1.000. The van der Waals surface area contributed by atoms with Crippen LogP contribution in [0.3, 0.4) is 0 Å². The standard InChI is InChI=1S/C9H14N2O/c1-6-4-3-5-11-8(6)9(12)7(2)10/h3-5,7,9,12H,10H2,1-2H3/t7-,9-/m1/s1. The zero-order valence-electron chi connectivity index (χ0n) is 7.36. The molecule has 0 saturated heterocycles. The minimum Gasteiger partial charge on any atom is -0.385 e. The molecule has 3 N–H and O–H groups in total. The van der Waals surface area contributed by atoms with E-state index < -0.39 is 6.10 Å². The van der Waals surface area contributed by atoms with Crippen molar-refractivity contribution in [3.63, 3.8) is 0 Å². The summed E-state index contributed by atoms with van der Waals surface area (Å²) in [4.78, 5) is 4.07. The zero-order valence-corrected chi connectivity index (χ0v) is 7.36. The summed E-state index contributed by atoms with van der Waals surface area (Å²) >= 11 is 0. The Balaban J connectivity index is 2.94. The van der Waals surface area contributed by atoms with Crippen LogP contribution in [-0.4, -0.2) is 16.1 Å². The molecule has 0 saturated carbocycles. The van der Waals surface area contributed by atoms with Crippen molar-refractivity contribution in [3.8, 4) is 0 Å². The van der Waals surface area contributed by atoms with Crippen molar-refractivity contribution in [1.82, 2.24) is 4.98 Å². The van der Waals surface area contributed by atoms with Gasteiger partial charge in [0.2, 0.25) is 0 Å². The number of aliphatic hydroxyl groups is 1. The van der Waals surface area contributed by atoms with E-state index in [1.165, 1.54) is 0 Å². The summed E-state index contributed by atoms with van der Waals surface area (Å²) in [5.74, 6) is 0. The Kier molecular flexibility index (Phi) is 2.78. The molecule has 66 valence electrons. The Bertz CT molecular complexity index is 260. The van der Waals surface area contributed by atoms with Gasteiger partial charge in [0, 0.05) is 12.2 Å². The zero-order chi connectivity index (χ0) is 9.14. The van der Waals surface area contributed by atoms with Crippen LogP contribution in [0.1, 0.15) is 24.3 Å². The maximum Gasteiger partial charge on any atom is 0.111 e. The van der Waals surface area contributed by atoms with Gasteiger partial charge in [0.1, 0.15) is 6.10 Å². The van der Waals surface area contributed by atoms with E-state index in [4.69, 9.17) is 5.73 Å². The topological polar surface area (TPSA) is 59.1 Å². The van der Waals surface area contributed by atoms with Gasteiger partial charge in [-0.1, -0.05) is 6.07 Å². The van der Waals surface area contributed by atoms with Crippen LogP contribution in [0.5, 0.6) is 0 Å². The molecule has 3 nitrogen and oxygen atoms in total. The molecule has 3 heteroatoms. The Morgan fingerprint density at radius 1 is 1.58 bits per heavy atom. The maximum absolute atomic E-state index is 9.59. The number of aryl methyl sites for hydroxylation is 1. The summed E-state index contributed by atoms with van der Waals surface area (Å²) in [6, 6.07) is 3.47. The van der Waals surface area contributed by atoms with Gasteiger partial charge in [-0.25, -0.2) is 0 Å². The van der Waals surface area contributed by atoms with Gasteiger partial charge in [-0.3, -0.25) is 4.98 Å². The molecule has 0 aliphatic heterocycles. The highest BCUT2D eigenvalue weighted by Gasteiger charge is 2.15. The van der Waals surface area contributed by atoms with Gasteiger partial charge in [-0.05, 0) is 25.5 Å². The van der Waals surface area contributed by atoms with E-state index in [1.54, 1.807) is 13.1 Å². The lowest BCUT2D eigenvalue weighted by Crippen LogP contribution is -2.25. The fourth-order valence-electron chi connectivity index (χ4n) is 1.06. The van der Waals surface area contributed by atoms with Crippen molar-refractivity contribution in [1.29, 1.82) is 0 Å². The number of aromatic nitrogens is 1. The van der Waals surface area contributed by atoms with Crippen molar-refractivity contribution in [3.05, 3.63) is 29.6 Å². The number of nitrogens with two attached hydrogens (primary N) is 1. The third-order valence-electron chi connectivity index (χ3n) is 1.83. The smallest absolute Gasteiger partial charge is 0.111 e. The highest BCUT2D eigenvalue weighted by Crippen LogP contribution is 2.15. The van der Waals surface area contributed by atoms with Crippen molar-refractivity contribution in [2.45, 2.75) is 26.0 Å². The first-order chi connectivity index (χ1) is 5.63. The molecular formula is C9H14N2O. The molecule has 0 aromatic carbocycles. The molecule has 0 radical (unpaired) electrons. The molecule has 0 amide bonds. The molecular weight excluding hydrogens is 152 g/mol. The molecule has 0 unspecified atom stereocenters. The van der Waals surface area contributed by atoms with Gasteiger partial charge in [0.05, 0.1) is 5.69 Å². The Morgan fingerprint density at radius 3 is 2.75 bits per heavy atom. The fraction of sp³-hybridized carbons (Fsp3) is 0.444. The molecule has 1 heterocycles. The van der Waals surface area contributed by atoms with Gasteiger partial charge >= 0.3 is 0 Å². The molecule has 1 aromatic heterocycles. The third kappa shape index (κ3) is 1.81. The predicted octanol–water partition coefficient (Wildman–Crippen LogP) is 0.771. The Labute approximate surface area is 72.2 Å². The van der Waals surface area contributed by atoms with Gasteiger partial charge in [0.15, 0.2) is 0 Å². The number of hydrogen-bond acceptors (Lipinski definition) is 3. The first-order valence-electron chi connectivity index (χ1n) is 3.98. The van der Waals surface area contributed by atoms with E-state index in [-0.39, 0.29) is 6.04 Å². The van der Waals surface area contributed by atoms with Crippen LogP contribution in [0.4, 0.5) is 0 Å². The number of hydrogen-bond donors (Lipinski definition) is 2. The van der Waals surface area contributed by atoms with Crippen molar-refractivity contribution in [2.24, 2.45) is 5.73 Å². The average molecular weight is 166 g/mol. The molecule has 1 rings (SSSR count). The molecule has 0 aliphatic carbocycles. The lowest BCUT2D eigenvalue weighted by atomic mass is 10.1. The molecule has 0 bridgehead atoms. The highest BCUT2D eigenvalue weighted by molar-refractivity contribution is 5.20. The van der Waals surface area contributed by atoms with Crippen LogP contribution < -0.4 is 5.73 Å². The molecule has 0 aliphatic rings. The second kappa shape index (κ2) is 3.65. The van der Waals surface area contributed by atoms with Crippen LogP contribution in [0.15, 0.2) is 18.3 Å². The van der Waals surface area contributed by atoms with Crippen LogP contribution in [0.25, 0.3) is 0 Å². The van der Waals surface area contributed by atoms with E-state index in [2.05, 4.69) is 4.98 Å². The number of nitrogens with zero attached hydrogens (tertiary/aromatic N) is 1. The van der Waals surface area contributed by atoms with Crippen molar-refractivity contribution in [2.75, 3.05) is 0 Å². The normalized spacial score (nSPS) is 15.7. The maximum atomic E-state index is 9.59. The van der Waals surface area contributed by atoms with E-state index in [9.17, 15) is 5.11 Å². The summed E-state index contributed by atoms with van der Waals surface area (Å²) < 4.78 is 0. The quantitative estimate of drug-likeness (QED) is 0.682. The first kappa shape index (κ1) is 9.16. The van der Waals surface area contributed by atoms with Crippen LogP contribution in [0, 0.1) is 6.92 Å². The minimum atomic E-state index is -0.661. The highest BCUT2D eigenvalue weighted by atomic mass is 16.3. The van der Waals surface area contributed by atoms with Crippen LogP contribution in [0.2, 0.25) is 0 Å². The number of rotatable bonds is 2. The van der Waals surface area contributed by atoms with Crippen molar-refractivity contribution < 1.29 is 5.11 Å². The van der Waals surface area contributed by atoms with Crippen LogP contribution >= 0.6 is 0 Å². The Morgan fingerprint density at radius 2 is 2.25 bits per heavy atom. The first-order valence-corrected chi connectivity index (χ1v) is 3.98. The van der Waals surface area contributed by atoms with Gasteiger partial charge in [-0.2, -0.15) is 0 Å². The second-order valence-corrected chi connectivity index (χ2v) is 3.01. The Hall–Kier alpha value is -0.930. The summed E-state index contributed by atoms with van der Waals surface area (Å²) in [5, 5.41) is 9.59. The third-order valence-corrected chi connectivity index (χ3v) is 1.83. The SMILES string of the molecule is Cc1cccnc1[C@H](O)[C@@H](C)N. The van der Waals surface area contributed by atoms with Gasteiger partial charge in [-0.15, -0.1) is 0 Å². The average Bonchev–Trinajstić information content (AvgIpc) is 2.04. The molecule has 0 spiro atoms. The number of pyridine rings is 1. The predicted molar refractivity (Wildman–Crippen MR) is 47.6 cm³/mol. The van der Waals surface area contributed by atoms with Gasteiger partial charge in [0.25, 0.3) is 0 Å². The minimum absolute atomic E-state index is 0.279. The van der Waals surface area contributed by atoms with E-state index in [0.717, 1.165) is 5.56 Å². The molecule has 0 fully saturated rings. The lowest BCUT2D eigenvalue weighted by Gasteiger charge is -2.15. The summed E-state index contributed by atoms with van der Waals surface area (Å²) in [7, 11) is 0. The van der Waals surface area contributed by atoms with Crippen LogP contribution in [-0.2, 0) is 0 Å². The second-order valence-electron chi connectivity index (χ2n) is 3.01. The fourth-order valence-corrected chi connectivity index (χ4v) is 1.06. The van der Waals surface area contributed by atoms with Crippen molar-refractivity contribution >= 4 is 0 Å². The monoisotopic (exact) mass is 166 g/mol. The summed E-state index contributed by atoms with van der Waals surface area (Å²) in [6.45, 7) is 3.67. The van der Waals surface area contributed by atoms with Gasteiger partial charge < -0.3 is 10.8 Å². The van der Waals surface area contributed by atoms with E-state index >= 15 is 0 Å². The molecule has 12 heavy (non-hydrogen) atoms. The lowest BCUT2D eigenvalue weighted by molar-refractivity contribution is 0.148. The summed E-state index contributed by atoms with van der Waals surface area (Å²) in [5.41, 5.74) is 7.19. The molecule has 1 aromatic rings. The molecule has 2 atom stereocenters. The van der Waals surface area contributed by atoms with E-state index in [0.29, 0.717) is 5.69 Å². The largest absolute Gasteiger partial charge is 0.385 e. The number of aliphatic hydroxyl groups excluding tert-OH is 1.